The summed E-state index contributed by atoms with van der Waals surface area (Å²) in [6, 6.07) is 0. The number of rotatable bonds is 5. The molecule has 0 radical (unpaired) electrons. The maximum atomic E-state index is 10.6. The highest BCUT2D eigenvalue weighted by Gasteiger charge is 2.19. The third-order valence-electron chi connectivity index (χ3n) is 2.52. The zero-order valence-corrected chi connectivity index (χ0v) is 11.0. The lowest BCUT2D eigenvalue weighted by atomic mass is 10.1. The predicted octanol–water partition coefficient (Wildman–Crippen LogP) is 0.955. The van der Waals surface area contributed by atoms with Gasteiger partial charge in [-0.3, -0.25) is 4.57 Å². The Kier molecular flexibility index (Phi) is 3.83. The number of ether oxygens (including phenoxy) is 1. The Labute approximate surface area is 114 Å². The number of aromatic hydroxyl groups is 1. The van der Waals surface area contributed by atoms with Crippen molar-refractivity contribution in [2.24, 2.45) is 0 Å². The van der Waals surface area contributed by atoms with E-state index in [9.17, 15) is 9.90 Å². The number of imidazole rings is 1. The van der Waals surface area contributed by atoms with Crippen LogP contribution in [0, 0.1) is 0 Å². The lowest BCUT2D eigenvalue weighted by Gasteiger charge is -2.14. The van der Waals surface area contributed by atoms with Gasteiger partial charge in [0.1, 0.15) is 6.33 Å². The topological polar surface area (TPSA) is 110 Å². The standard InChI is InChI=1S/C12H14N4O4/c1-7(2)9-10(19)14-12(16-4-3-13-6-16)15-11(9)20-5-8(17)18/h3-4,6-7H,5H2,1-2H3,(H,17,18)(H,14,15,19). The molecule has 106 valence electrons. The highest BCUT2D eigenvalue weighted by molar-refractivity contribution is 5.68. The average Bonchev–Trinajstić information content (AvgIpc) is 2.88. The van der Waals surface area contributed by atoms with Gasteiger partial charge in [-0.25, -0.2) is 9.78 Å². The zero-order chi connectivity index (χ0) is 14.7. The van der Waals surface area contributed by atoms with E-state index in [4.69, 9.17) is 9.84 Å². The minimum Gasteiger partial charge on any atom is -0.493 e. The maximum Gasteiger partial charge on any atom is 0.341 e. The van der Waals surface area contributed by atoms with Crippen molar-refractivity contribution in [3.63, 3.8) is 0 Å². The van der Waals surface area contributed by atoms with Gasteiger partial charge in [-0.15, -0.1) is 0 Å². The van der Waals surface area contributed by atoms with Crippen LogP contribution >= 0.6 is 0 Å². The van der Waals surface area contributed by atoms with E-state index in [1.807, 2.05) is 13.8 Å². The second-order valence-corrected chi connectivity index (χ2v) is 4.37. The summed E-state index contributed by atoms with van der Waals surface area (Å²) in [6.45, 7) is 3.10. The normalized spacial score (nSPS) is 10.8. The third kappa shape index (κ3) is 2.85. The van der Waals surface area contributed by atoms with Crippen LogP contribution in [0.5, 0.6) is 11.8 Å². The summed E-state index contributed by atoms with van der Waals surface area (Å²) >= 11 is 0. The molecule has 2 aromatic heterocycles. The van der Waals surface area contributed by atoms with Crippen molar-refractivity contribution >= 4 is 5.97 Å². The summed E-state index contributed by atoms with van der Waals surface area (Å²) < 4.78 is 6.62. The SMILES string of the molecule is CC(C)c1c(O)nc(-n2ccnc2)nc1OCC(=O)O. The van der Waals surface area contributed by atoms with Crippen molar-refractivity contribution in [1.82, 2.24) is 19.5 Å². The van der Waals surface area contributed by atoms with Crippen LogP contribution in [-0.4, -0.2) is 42.3 Å². The first-order chi connectivity index (χ1) is 9.49. The fourth-order valence-electron chi connectivity index (χ4n) is 1.66. The van der Waals surface area contributed by atoms with Gasteiger partial charge in [0.15, 0.2) is 6.61 Å². The van der Waals surface area contributed by atoms with Crippen molar-refractivity contribution in [2.75, 3.05) is 6.61 Å². The molecule has 0 aliphatic rings. The molecule has 2 N–H and O–H groups in total. The first-order valence-corrected chi connectivity index (χ1v) is 5.93. The van der Waals surface area contributed by atoms with Crippen LogP contribution in [0.2, 0.25) is 0 Å². The largest absolute Gasteiger partial charge is 0.493 e. The van der Waals surface area contributed by atoms with Gasteiger partial charge >= 0.3 is 5.97 Å². The number of aromatic nitrogens is 4. The summed E-state index contributed by atoms with van der Waals surface area (Å²) in [5.74, 6) is -1.26. The monoisotopic (exact) mass is 278 g/mol. The molecule has 0 amide bonds. The van der Waals surface area contributed by atoms with E-state index in [0.717, 1.165) is 0 Å². The van der Waals surface area contributed by atoms with Gasteiger partial charge in [-0.05, 0) is 5.92 Å². The molecule has 8 nitrogen and oxygen atoms in total. The number of hydrogen-bond acceptors (Lipinski definition) is 6. The second-order valence-electron chi connectivity index (χ2n) is 4.37. The number of carboxylic acid groups (broad SMARTS) is 1. The van der Waals surface area contributed by atoms with Gasteiger partial charge in [0.05, 0.1) is 5.56 Å². The smallest absolute Gasteiger partial charge is 0.341 e. The van der Waals surface area contributed by atoms with Crippen LogP contribution in [0.1, 0.15) is 25.3 Å². The number of hydrogen-bond donors (Lipinski definition) is 2. The molecule has 2 heterocycles. The summed E-state index contributed by atoms with van der Waals surface area (Å²) in [5, 5.41) is 18.7. The van der Waals surface area contributed by atoms with Crippen molar-refractivity contribution < 1.29 is 19.7 Å². The molecule has 0 aromatic carbocycles. The van der Waals surface area contributed by atoms with Gasteiger partial charge in [-0.2, -0.15) is 9.97 Å². The van der Waals surface area contributed by atoms with Crippen LogP contribution in [0.3, 0.4) is 0 Å². The zero-order valence-electron chi connectivity index (χ0n) is 11.0. The molecule has 0 fully saturated rings. The molecule has 2 aromatic rings. The van der Waals surface area contributed by atoms with Crippen LogP contribution < -0.4 is 4.74 Å². The van der Waals surface area contributed by atoms with Crippen molar-refractivity contribution in [2.45, 2.75) is 19.8 Å². The Morgan fingerprint density at radius 2 is 2.20 bits per heavy atom. The van der Waals surface area contributed by atoms with Crippen molar-refractivity contribution in [3.05, 3.63) is 24.3 Å². The van der Waals surface area contributed by atoms with E-state index >= 15 is 0 Å². The first-order valence-electron chi connectivity index (χ1n) is 5.93. The van der Waals surface area contributed by atoms with E-state index < -0.39 is 12.6 Å². The molecule has 0 aliphatic carbocycles. The molecule has 0 saturated carbocycles. The highest BCUT2D eigenvalue weighted by atomic mass is 16.5. The Morgan fingerprint density at radius 1 is 1.45 bits per heavy atom. The van der Waals surface area contributed by atoms with Gasteiger partial charge in [0.25, 0.3) is 0 Å². The van der Waals surface area contributed by atoms with Crippen LogP contribution in [0.25, 0.3) is 5.95 Å². The maximum absolute atomic E-state index is 10.6. The molecule has 8 heteroatoms. The fraction of sp³-hybridized carbons (Fsp3) is 0.333. The molecular formula is C12H14N4O4. The van der Waals surface area contributed by atoms with E-state index in [2.05, 4.69) is 15.0 Å². The van der Waals surface area contributed by atoms with E-state index in [1.54, 1.807) is 6.20 Å². The number of carbonyl (C=O) groups is 1. The molecule has 0 spiro atoms. The van der Waals surface area contributed by atoms with Gasteiger partial charge in [-0.1, -0.05) is 13.8 Å². The minimum absolute atomic E-state index is 0.0543. The Morgan fingerprint density at radius 3 is 2.75 bits per heavy atom. The Bertz CT molecular complexity index is 610. The van der Waals surface area contributed by atoms with Gasteiger partial charge in [0, 0.05) is 12.4 Å². The number of aliphatic carboxylic acids is 1. The summed E-state index contributed by atoms with van der Waals surface area (Å²) in [4.78, 5) is 22.6. The van der Waals surface area contributed by atoms with Crippen LogP contribution in [0.4, 0.5) is 0 Å². The fourth-order valence-corrected chi connectivity index (χ4v) is 1.66. The predicted molar refractivity (Wildman–Crippen MR) is 68.0 cm³/mol. The van der Waals surface area contributed by atoms with Crippen molar-refractivity contribution in [3.8, 4) is 17.7 Å². The van der Waals surface area contributed by atoms with E-state index in [1.165, 1.54) is 17.1 Å². The average molecular weight is 278 g/mol. The van der Waals surface area contributed by atoms with E-state index in [-0.39, 0.29) is 23.6 Å². The third-order valence-corrected chi connectivity index (χ3v) is 2.52. The molecule has 0 saturated heterocycles. The molecule has 0 atom stereocenters. The Balaban J connectivity index is 2.46. The molecule has 0 aliphatic heterocycles. The quantitative estimate of drug-likeness (QED) is 0.837. The number of nitrogens with zero attached hydrogens (tertiary/aromatic N) is 4. The highest BCUT2D eigenvalue weighted by Crippen LogP contribution is 2.32. The lowest BCUT2D eigenvalue weighted by molar-refractivity contribution is -0.139. The molecule has 0 bridgehead atoms. The number of carboxylic acids is 1. The molecule has 2 rings (SSSR count). The minimum atomic E-state index is -1.12. The van der Waals surface area contributed by atoms with E-state index in [0.29, 0.717) is 5.56 Å². The molecule has 20 heavy (non-hydrogen) atoms. The van der Waals surface area contributed by atoms with Crippen molar-refractivity contribution in [1.29, 1.82) is 0 Å². The summed E-state index contributed by atoms with van der Waals surface area (Å²) in [6.07, 6.45) is 4.60. The molecule has 0 unspecified atom stereocenters. The first kappa shape index (κ1) is 13.8. The van der Waals surface area contributed by atoms with Crippen LogP contribution in [-0.2, 0) is 4.79 Å². The Hall–Kier alpha value is -2.64. The summed E-state index contributed by atoms with van der Waals surface area (Å²) in [7, 11) is 0. The molecular weight excluding hydrogens is 264 g/mol. The van der Waals surface area contributed by atoms with Gasteiger partial charge < -0.3 is 14.9 Å². The lowest BCUT2D eigenvalue weighted by Crippen LogP contribution is -2.13. The van der Waals surface area contributed by atoms with Gasteiger partial charge in [0.2, 0.25) is 17.7 Å². The second kappa shape index (κ2) is 5.55. The van der Waals surface area contributed by atoms with Crippen LogP contribution in [0.15, 0.2) is 18.7 Å². The summed E-state index contributed by atoms with van der Waals surface area (Å²) in [5.41, 5.74) is 0.370.